The Bertz CT molecular complexity index is 418. The highest BCUT2D eigenvalue weighted by Crippen LogP contribution is 2.29. The van der Waals surface area contributed by atoms with Gasteiger partial charge in [-0.1, -0.05) is 0 Å². The molecule has 0 heterocycles. The van der Waals surface area contributed by atoms with Gasteiger partial charge in [-0.3, -0.25) is 0 Å². The summed E-state index contributed by atoms with van der Waals surface area (Å²) in [5.41, 5.74) is 0.897. The maximum atomic E-state index is 5.70. The molecule has 1 atom stereocenters. The van der Waals surface area contributed by atoms with Crippen molar-refractivity contribution in [3.8, 4) is 11.5 Å². The fraction of sp³-hybridized carbons (Fsp3) is 0.625. The van der Waals surface area contributed by atoms with E-state index in [9.17, 15) is 0 Å². The normalized spacial score (nSPS) is 13.1. The van der Waals surface area contributed by atoms with Gasteiger partial charge < -0.3 is 19.5 Å². The molecule has 0 amide bonds. The van der Waals surface area contributed by atoms with Crippen molar-refractivity contribution in [2.45, 2.75) is 39.3 Å². The molecule has 1 aromatic carbocycles. The van der Waals surface area contributed by atoms with Crippen molar-refractivity contribution in [2.24, 2.45) is 0 Å². The lowest BCUT2D eigenvalue weighted by Gasteiger charge is -2.27. The van der Waals surface area contributed by atoms with Crippen molar-refractivity contribution in [1.29, 1.82) is 0 Å². The average molecular weight is 281 g/mol. The molecule has 4 heteroatoms. The Morgan fingerprint density at radius 3 is 2.45 bits per heavy atom. The molecule has 0 aliphatic rings. The first-order chi connectivity index (χ1) is 9.43. The fourth-order valence-corrected chi connectivity index (χ4v) is 2.13. The van der Waals surface area contributed by atoms with Crippen molar-refractivity contribution >= 4 is 0 Å². The van der Waals surface area contributed by atoms with Gasteiger partial charge >= 0.3 is 0 Å². The monoisotopic (exact) mass is 281 g/mol. The predicted octanol–water partition coefficient (Wildman–Crippen LogP) is 3.17. The zero-order valence-electron chi connectivity index (χ0n) is 13.4. The first-order valence-electron chi connectivity index (χ1n) is 7.02. The lowest BCUT2D eigenvalue weighted by molar-refractivity contribution is -0.0103. The van der Waals surface area contributed by atoms with Gasteiger partial charge in [0.2, 0.25) is 0 Å². The van der Waals surface area contributed by atoms with E-state index >= 15 is 0 Å². The van der Waals surface area contributed by atoms with Gasteiger partial charge in [-0.25, -0.2) is 0 Å². The van der Waals surface area contributed by atoms with Crippen molar-refractivity contribution < 1.29 is 14.2 Å². The van der Waals surface area contributed by atoms with Crippen molar-refractivity contribution in [3.63, 3.8) is 0 Å². The molecule has 0 radical (unpaired) electrons. The van der Waals surface area contributed by atoms with Crippen LogP contribution in [0.1, 0.15) is 39.3 Å². The van der Waals surface area contributed by atoms with E-state index in [0.717, 1.165) is 23.6 Å². The van der Waals surface area contributed by atoms with Crippen LogP contribution in [0.15, 0.2) is 18.2 Å². The standard InChI is InChI=1S/C16H27NO3/c1-7-20-16(3,4)11-17-12(2)14-10-13(18-5)8-9-15(14)19-6/h8-10,12,17H,7,11H2,1-6H3. The second-order valence-electron chi connectivity index (χ2n) is 5.40. The summed E-state index contributed by atoms with van der Waals surface area (Å²) >= 11 is 0. The third kappa shape index (κ3) is 4.69. The maximum Gasteiger partial charge on any atom is 0.123 e. The smallest absolute Gasteiger partial charge is 0.123 e. The van der Waals surface area contributed by atoms with Crippen LogP contribution >= 0.6 is 0 Å². The zero-order valence-corrected chi connectivity index (χ0v) is 13.4. The molecular formula is C16H27NO3. The summed E-state index contributed by atoms with van der Waals surface area (Å²) in [5.74, 6) is 1.69. The zero-order chi connectivity index (χ0) is 15.2. The number of ether oxygens (including phenoxy) is 3. The van der Waals surface area contributed by atoms with Gasteiger partial charge in [0.1, 0.15) is 11.5 Å². The van der Waals surface area contributed by atoms with Gasteiger partial charge in [0.25, 0.3) is 0 Å². The molecule has 0 bridgehead atoms. The van der Waals surface area contributed by atoms with Gasteiger partial charge in [0.05, 0.1) is 19.8 Å². The molecule has 0 saturated carbocycles. The fourth-order valence-electron chi connectivity index (χ4n) is 2.13. The van der Waals surface area contributed by atoms with Crippen LogP contribution in [0, 0.1) is 0 Å². The van der Waals surface area contributed by atoms with E-state index in [-0.39, 0.29) is 11.6 Å². The maximum absolute atomic E-state index is 5.70. The lowest BCUT2D eigenvalue weighted by atomic mass is 10.0. The number of methoxy groups -OCH3 is 2. The molecular weight excluding hydrogens is 254 g/mol. The SMILES string of the molecule is CCOC(C)(C)CNC(C)c1cc(OC)ccc1OC. The molecule has 0 aromatic heterocycles. The van der Waals surface area contributed by atoms with Crippen molar-refractivity contribution in [1.82, 2.24) is 5.32 Å². The van der Waals surface area contributed by atoms with Crippen LogP contribution in [-0.2, 0) is 4.74 Å². The van der Waals surface area contributed by atoms with Crippen LogP contribution in [0.2, 0.25) is 0 Å². The van der Waals surface area contributed by atoms with E-state index in [1.54, 1.807) is 14.2 Å². The highest BCUT2D eigenvalue weighted by molar-refractivity contribution is 5.42. The van der Waals surface area contributed by atoms with Crippen LogP contribution in [0.25, 0.3) is 0 Å². The number of hydrogen-bond acceptors (Lipinski definition) is 4. The Kier molecular flexibility index (Phi) is 6.30. The van der Waals surface area contributed by atoms with E-state index in [2.05, 4.69) is 26.1 Å². The third-order valence-electron chi connectivity index (χ3n) is 3.27. The Balaban J connectivity index is 2.78. The Labute approximate surface area is 122 Å². The van der Waals surface area contributed by atoms with Gasteiger partial charge in [0.15, 0.2) is 0 Å². The second-order valence-corrected chi connectivity index (χ2v) is 5.40. The molecule has 0 fully saturated rings. The quantitative estimate of drug-likeness (QED) is 0.794. The minimum absolute atomic E-state index is 0.153. The Morgan fingerprint density at radius 2 is 1.90 bits per heavy atom. The number of nitrogens with one attached hydrogen (secondary N) is 1. The van der Waals surface area contributed by atoms with Gasteiger partial charge in [0, 0.05) is 24.8 Å². The molecule has 1 unspecified atom stereocenters. The number of rotatable bonds is 8. The van der Waals surface area contributed by atoms with E-state index < -0.39 is 0 Å². The lowest BCUT2D eigenvalue weighted by Crippen LogP contribution is -2.38. The first kappa shape index (κ1) is 16.8. The van der Waals surface area contributed by atoms with E-state index in [1.165, 1.54) is 0 Å². The Hall–Kier alpha value is -1.26. The van der Waals surface area contributed by atoms with Crippen molar-refractivity contribution in [3.05, 3.63) is 23.8 Å². The first-order valence-corrected chi connectivity index (χ1v) is 7.02. The predicted molar refractivity (Wildman–Crippen MR) is 81.7 cm³/mol. The van der Waals surface area contributed by atoms with Crippen LogP contribution in [-0.4, -0.2) is 33.0 Å². The van der Waals surface area contributed by atoms with E-state index in [1.807, 2.05) is 25.1 Å². The van der Waals surface area contributed by atoms with Crippen LogP contribution in [0.3, 0.4) is 0 Å². The minimum Gasteiger partial charge on any atom is -0.497 e. The summed E-state index contributed by atoms with van der Waals surface area (Å²) < 4.78 is 16.4. The molecule has 1 aromatic rings. The number of benzene rings is 1. The van der Waals surface area contributed by atoms with Gasteiger partial charge in [-0.2, -0.15) is 0 Å². The van der Waals surface area contributed by atoms with Crippen LogP contribution in [0.4, 0.5) is 0 Å². The minimum atomic E-state index is -0.185. The van der Waals surface area contributed by atoms with E-state index in [4.69, 9.17) is 14.2 Å². The Morgan fingerprint density at radius 1 is 1.20 bits per heavy atom. The molecule has 114 valence electrons. The second kappa shape index (κ2) is 7.50. The summed E-state index contributed by atoms with van der Waals surface area (Å²) in [6.07, 6.45) is 0. The van der Waals surface area contributed by atoms with Gasteiger partial charge in [-0.05, 0) is 45.9 Å². The molecule has 0 aliphatic heterocycles. The van der Waals surface area contributed by atoms with Crippen molar-refractivity contribution in [2.75, 3.05) is 27.4 Å². The summed E-state index contributed by atoms with van der Waals surface area (Å²) in [4.78, 5) is 0. The molecule has 4 nitrogen and oxygen atoms in total. The average Bonchev–Trinajstić information content (AvgIpc) is 2.44. The highest BCUT2D eigenvalue weighted by Gasteiger charge is 2.20. The molecule has 1 rings (SSSR count). The highest BCUT2D eigenvalue weighted by atomic mass is 16.5. The largest absolute Gasteiger partial charge is 0.497 e. The number of hydrogen-bond donors (Lipinski definition) is 1. The summed E-state index contributed by atoms with van der Waals surface area (Å²) in [7, 11) is 3.35. The topological polar surface area (TPSA) is 39.7 Å². The van der Waals surface area contributed by atoms with Gasteiger partial charge in [-0.15, -0.1) is 0 Å². The van der Waals surface area contributed by atoms with E-state index in [0.29, 0.717) is 6.61 Å². The third-order valence-corrected chi connectivity index (χ3v) is 3.27. The molecule has 1 N–H and O–H groups in total. The molecule has 0 spiro atoms. The molecule has 0 saturated heterocycles. The van der Waals surface area contributed by atoms with Crippen LogP contribution in [0.5, 0.6) is 11.5 Å². The molecule has 20 heavy (non-hydrogen) atoms. The summed E-state index contributed by atoms with van der Waals surface area (Å²) in [5, 5.41) is 3.49. The van der Waals surface area contributed by atoms with Crippen LogP contribution < -0.4 is 14.8 Å². The summed E-state index contributed by atoms with van der Waals surface area (Å²) in [6.45, 7) is 9.77. The molecule has 0 aliphatic carbocycles. The summed E-state index contributed by atoms with van der Waals surface area (Å²) in [6, 6.07) is 5.99.